The van der Waals surface area contributed by atoms with Crippen LogP contribution in [-0.4, -0.2) is 11.2 Å². The number of hydrogen-bond donors (Lipinski definition) is 1. The van der Waals surface area contributed by atoms with E-state index in [4.69, 9.17) is 0 Å². The summed E-state index contributed by atoms with van der Waals surface area (Å²) in [5.74, 6) is -1.44. The Kier molecular flexibility index (Phi) is 3.00. The first-order valence-corrected chi connectivity index (χ1v) is 5.30. The minimum Gasteiger partial charge on any atom is -0.393 e. The Bertz CT molecular complexity index is 343. The van der Waals surface area contributed by atoms with E-state index >= 15 is 0 Å². The molecule has 1 N–H and O–H groups in total. The highest BCUT2D eigenvalue weighted by Gasteiger charge is 2.23. The second kappa shape index (κ2) is 4.27. The topological polar surface area (TPSA) is 20.2 Å². The fourth-order valence-electron chi connectivity index (χ4n) is 2.22. The van der Waals surface area contributed by atoms with Gasteiger partial charge in [-0.25, -0.2) is 8.78 Å². The minimum atomic E-state index is -0.779. The fourth-order valence-corrected chi connectivity index (χ4v) is 2.22. The lowest BCUT2D eigenvalue weighted by Gasteiger charge is -2.25. The van der Waals surface area contributed by atoms with E-state index in [9.17, 15) is 13.9 Å². The molecule has 0 atom stereocenters. The van der Waals surface area contributed by atoms with Crippen LogP contribution in [-0.2, 0) is 0 Å². The summed E-state index contributed by atoms with van der Waals surface area (Å²) in [6, 6.07) is 4.32. The molecule has 0 radical (unpaired) electrons. The number of hydrogen-bond acceptors (Lipinski definition) is 1. The van der Waals surface area contributed by atoms with Gasteiger partial charge in [-0.1, -0.05) is 12.1 Å². The summed E-state index contributed by atoms with van der Waals surface area (Å²) in [6.07, 6.45) is 2.57. The molecular formula is C12H14F2O. The van der Waals surface area contributed by atoms with Crippen molar-refractivity contribution in [3.63, 3.8) is 0 Å². The second-order valence-corrected chi connectivity index (χ2v) is 4.15. The van der Waals surface area contributed by atoms with Crippen LogP contribution in [0.4, 0.5) is 8.78 Å². The van der Waals surface area contributed by atoms with Crippen LogP contribution in [0.15, 0.2) is 18.2 Å². The molecule has 1 aromatic carbocycles. The van der Waals surface area contributed by atoms with E-state index in [1.165, 1.54) is 0 Å². The molecular weight excluding hydrogens is 198 g/mol. The first kappa shape index (κ1) is 10.6. The number of benzene rings is 1. The van der Waals surface area contributed by atoms with E-state index in [0.717, 1.165) is 18.9 Å². The Morgan fingerprint density at radius 1 is 1.07 bits per heavy atom. The Labute approximate surface area is 87.7 Å². The van der Waals surface area contributed by atoms with Crippen LogP contribution in [0.1, 0.15) is 37.2 Å². The Hall–Kier alpha value is -0.960. The summed E-state index contributed by atoms with van der Waals surface area (Å²) in [5, 5.41) is 9.33. The summed E-state index contributed by atoms with van der Waals surface area (Å²) in [4.78, 5) is 0. The normalized spacial score (nSPS) is 26.6. The largest absolute Gasteiger partial charge is 0.393 e. The van der Waals surface area contributed by atoms with Gasteiger partial charge >= 0.3 is 0 Å². The molecule has 1 aromatic rings. The third kappa shape index (κ3) is 2.17. The van der Waals surface area contributed by atoms with Crippen molar-refractivity contribution in [3.8, 4) is 0 Å². The first-order valence-electron chi connectivity index (χ1n) is 5.30. The Morgan fingerprint density at radius 3 is 2.40 bits per heavy atom. The Morgan fingerprint density at radius 2 is 1.73 bits per heavy atom. The van der Waals surface area contributed by atoms with Gasteiger partial charge in [0, 0.05) is 0 Å². The van der Waals surface area contributed by atoms with Crippen LogP contribution in [0.5, 0.6) is 0 Å². The molecule has 82 valence electrons. The van der Waals surface area contributed by atoms with Crippen molar-refractivity contribution in [1.29, 1.82) is 0 Å². The lowest BCUT2D eigenvalue weighted by Crippen LogP contribution is -2.17. The zero-order chi connectivity index (χ0) is 10.8. The van der Waals surface area contributed by atoms with Crippen LogP contribution in [0.3, 0.4) is 0 Å². The highest BCUT2D eigenvalue weighted by Crippen LogP contribution is 2.34. The molecule has 3 heteroatoms. The van der Waals surface area contributed by atoms with Crippen LogP contribution < -0.4 is 0 Å². The lowest BCUT2D eigenvalue weighted by atomic mass is 9.82. The average Bonchev–Trinajstić information content (AvgIpc) is 2.24. The SMILES string of the molecule is O[C@H]1CC[C@@H](c2cccc(F)c2F)CC1. The summed E-state index contributed by atoms with van der Waals surface area (Å²) >= 11 is 0. The maximum absolute atomic E-state index is 13.4. The maximum atomic E-state index is 13.4. The monoisotopic (exact) mass is 212 g/mol. The number of rotatable bonds is 1. The van der Waals surface area contributed by atoms with Gasteiger partial charge in [-0.15, -0.1) is 0 Å². The van der Waals surface area contributed by atoms with Gasteiger partial charge in [0.2, 0.25) is 0 Å². The van der Waals surface area contributed by atoms with E-state index in [-0.39, 0.29) is 12.0 Å². The minimum absolute atomic E-state index is 0.0594. The highest BCUT2D eigenvalue weighted by atomic mass is 19.2. The molecule has 0 aromatic heterocycles. The van der Waals surface area contributed by atoms with Crippen molar-refractivity contribution in [2.24, 2.45) is 0 Å². The van der Waals surface area contributed by atoms with Gasteiger partial charge in [0.05, 0.1) is 6.10 Å². The molecule has 1 saturated carbocycles. The van der Waals surface area contributed by atoms with Crippen molar-refractivity contribution < 1.29 is 13.9 Å². The van der Waals surface area contributed by atoms with E-state index in [1.807, 2.05) is 0 Å². The van der Waals surface area contributed by atoms with Gasteiger partial charge in [0.15, 0.2) is 11.6 Å². The lowest BCUT2D eigenvalue weighted by molar-refractivity contribution is 0.122. The smallest absolute Gasteiger partial charge is 0.162 e. The maximum Gasteiger partial charge on any atom is 0.162 e. The summed E-state index contributed by atoms with van der Waals surface area (Å²) < 4.78 is 26.4. The standard InChI is InChI=1S/C12H14F2O/c13-11-3-1-2-10(12(11)14)8-4-6-9(15)7-5-8/h1-3,8-9,15H,4-7H2/t8-,9+. The fraction of sp³-hybridized carbons (Fsp3) is 0.500. The van der Waals surface area contributed by atoms with Gasteiger partial charge in [-0.3, -0.25) is 0 Å². The molecule has 0 saturated heterocycles. The Balaban J connectivity index is 2.19. The molecule has 15 heavy (non-hydrogen) atoms. The number of halogens is 2. The number of aliphatic hydroxyl groups is 1. The summed E-state index contributed by atoms with van der Waals surface area (Å²) in [5.41, 5.74) is 0.460. The van der Waals surface area contributed by atoms with E-state index in [1.54, 1.807) is 12.1 Å². The summed E-state index contributed by atoms with van der Waals surface area (Å²) in [6.45, 7) is 0. The third-order valence-electron chi connectivity index (χ3n) is 3.12. The van der Waals surface area contributed by atoms with E-state index in [0.29, 0.717) is 18.4 Å². The van der Waals surface area contributed by atoms with Gasteiger partial charge < -0.3 is 5.11 Å². The van der Waals surface area contributed by atoms with Crippen LogP contribution in [0, 0.1) is 11.6 Å². The third-order valence-corrected chi connectivity index (χ3v) is 3.12. The van der Waals surface area contributed by atoms with Crippen molar-refractivity contribution in [2.45, 2.75) is 37.7 Å². The van der Waals surface area contributed by atoms with Gasteiger partial charge in [-0.2, -0.15) is 0 Å². The molecule has 0 aliphatic heterocycles. The van der Waals surface area contributed by atoms with Gasteiger partial charge in [0.25, 0.3) is 0 Å². The predicted molar refractivity (Wildman–Crippen MR) is 53.6 cm³/mol. The van der Waals surface area contributed by atoms with Crippen molar-refractivity contribution in [3.05, 3.63) is 35.4 Å². The first-order chi connectivity index (χ1) is 7.18. The molecule has 0 spiro atoms. The quantitative estimate of drug-likeness (QED) is 0.758. The summed E-state index contributed by atoms with van der Waals surface area (Å²) in [7, 11) is 0. The zero-order valence-electron chi connectivity index (χ0n) is 8.42. The predicted octanol–water partition coefficient (Wildman–Crippen LogP) is 2.98. The zero-order valence-corrected chi connectivity index (χ0v) is 8.42. The van der Waals surface area contributed by atoms with Crippen LogP contribution >= 0.6 is 0 Å². The molecule has 1 aliphatic rings. The van der Waals surface area contributed by atoms with Gasteiger partial charge in [-0.05, 0) is 43.2 Å². The highest BCUT2D eigenvalue weighted by molar-refractivity contribution is 5.23. The van der Waals surface area contributed by atoms with Crippen LogP contribution in [0.25, 0.3) is 0 Å². The van der Waals surface area contributed by atoms with Crippen molar-refractivity contribution in [1.82, 2.24) is 0 Å². The van der Waals surface area contributed by atoms with E-state index in [2.05, 4.69) is 0 Å². The van der Waals surface area contributed by atoms with Gasteiger partial charge in [0.1, 0.15) is 0 Å². The molecule has 1 nitrogen and oxygen atoms in total. The average molecular weight is 212 g/mol. The van der Waals surface area contributed by atoms with E-state index < -0.39 is 11.6 Å². The molecule has 1 aliphatic carbocycles. The molecule has 0 bridgehead atoms. The molecule has 0 amide bonds. The van der Waals surface area contributed by atoms with Crippen LogP contribution in [0.2, 0.25) is 0 Å². The molecule has 2 rings (SSSR count). The second-order valence-electron chi connectivity index (χ2n) is 4.15. The van der Waals surface area contributed by atoms with Crippen molar-refractivity contribution in [2.75, 3.05) is 0 Å². The number of aliphatic hydroxyl groups excluding tert-OH is 1. The van der Waals surface area contributed by atoms with Crippen molar-refractivity contribution >= 4 is 0 Å². The molecule has 1 fully saturated rings. The molecule has 0 unspecified atom stereocenters. The molecule has 0 heterocycles.